The van der Waals surface area contributed by atoms with Crippen LogP contribution in [0.25, 0.3) is 0 Å². The number of likely N-dealkylation sites (tertiary alicyclic amines) is 1. The lowest BCUT2D eigenvalue weighted by atomic mass is 10.1. The Morgan fingerprint density at radius 1 is 1.21 bits per heavy atom. The molecule has 1 aromatic carbocycles. The molecule has 2 aliphatic rings. The Morgan fingerprint density at radius 3 is 2.74 bits per heavy atom. The second-order valence-corrected chi connectivity index (χ2v) is 5.42. The topological polar surface area (TPSA) is 23.6 Å². The van der Waals surface area contributed by atoms with Gasteiger partial charge in [-0.05, 0) is 44.5 Å². The van der Waals surface area contributed by atoms with Crippen LogP contribution in [0.1, 0.15) is 29.6 Å². The van der Waals surface area contributed by atoms with Gasteiger partial charge in [0.15, 0.2) is 6.29 Å². The number of anilines is 1. The van der Waals surface area contributed by atoms with Crippen LogP contribution < -0.4 is 4.90 Å². The van der Waals surface area contributed by atoms with Gasteiger partial charge in [-0.2, -0.15) is 0 Å². The van der Waals surface area contributed by atoms with Crippen LogP contribution in [-0.4, -0.2) is 43.4 Å². The molecule has 0 aliphatic carbocycles. The van der Waals surface area contributed by atoms with E-state index in [4.69, 9.17) is 0 Å². The van der Waals surface area contributed by atoms with Crippen molar-refractivity contribution >= 4 is 12.0 Å². The normalized spacial score (nSPS) is 24.1. The smallest absolute Gasteiger partial charge is 0.155 e. The lowest BCUT2D eigenvalue weighted by molar-refractivity contribution is 0.112. The Labute approximate surface area is 113 Å². The Morgan fingerprint density at radius 2 is 2.00 bits per heavy atom. The Hall–Kier alpha value is -1.42. The van der Waals surface area contributed by atoms with Gasteiger partial charge in [0.2, 0.25) is 0 Å². The van der Waals surface area contributed by atoms with E-state index in [0.717, 1.165) is 25.2 Å². The zero-order valence-electron chi connectivity index (χ0n) is 11.0. The van der Waals surface area contributed by atoms with Gasteiger partial charge in [-0.1, -0.05) is 6.07 Å². The molecule has 102 valence electrons. The molecule has 0 spiro atoms. The third-order valence-corrected chi connectivity index (χ3v) is 4.31. The molecule has 19 heavy (non-hydrogen) atoms. The number of rotatable bonds is 3. The van der Waals surface area contributed by atoms with Crippen molar-refractivity contribution in [3.05, 3.63) is 29.6 Å². The average molecular weight is 262 g/mol. The van der Waals surface area contributed by atoms with E-state index in [2.05, 4.69) is 9.80 Å². The maximum Gasteiger partial charge on any atom is 0.155 e. The minimum atomic E-state index is -0.419. The molecule has 3 rings (SSSR count). The summed E-state index contributed by atoms with van der Waals surface area (Å²) >= 11 is 0. The third kappa shape index (κ3) is 2.37. The summed E-state index contributed by atoms with van der Waals surface area (Å²) in [5, 5.41) is 0. The molecule has 3 nitrogen and oxygen atoms in total. The predicted molar refractivity (Wildman–Crippen MR) is 73.2 cm³/mol. The summed E-state index contributed by atoms with van der Waals surface area (Å²) in [5.41, 5.74) is 0.946. The lowest BCUT2D eigenvalue weighted by Crippen LogP contribution is -2.35. The summed E-state index contributed by atoms with van der Waals surface area (Å²) in [5.74, 6) is -0.419. The first kappa shape index (κ1) is 12.6. The third-order valence-electron chi connectivity index (χ3n) is 4.31. The van der Waals surface area contributed by atoms with Crippen LogP contribution >= 0.6 is 0 Å². The van der Waals surface area contributed by atoms with E-state index >= 15 is 0 Å². The standard InChI is InChI=1S/C15H19FN2O/c16-14-4-3-5-15(13(14)11-19)18-9-6-12(10-18)17-7-1-2-8-17/h3-5,11-12H,1-2,6-10H2. The zero-order chi connectivity index (χ0) is 13.2. The van der Waals surface area contributed by atoms with E-state index in [-0.39, 0.29) is 5.56 Å². The first-order valence-electron chi connectivity index (χ1n) is 7.02. The fourth-order valence-electron chi connectivity index (χ4n) is 3.28. The van der Waals surface area contributed by atoms with Crippen molar-refractivity contribution in [2.45, 2.75) is 25.3 Å². The van der Waals surface area contributed by atoms with Crippen LogP contribution in [0, 0.1) is 5.82 Å². The van der Waals surface area contributed by atoms with E-state index in [1.54, 1.807) is 6.07 Å². The maximum absolute atomic E-state index is 13.6. The van der Waals surface area contributed by atoms with Gasteiger partial charge < -0.3 is 4.90 Å². The number of hydrogen-bond acceptors (Lipinski definition) is 3. The minimum Gasteiger partial charge on any atom is -0.369 e. The fraction of sp³-hybridized carbons (Fsp3) is 0.533. The van der Waals surface area contributed by atoms with Crippen molar-refractivity contribution in [1.82, 2.24) is 4.90 Å². The average Bonchev–Trinajstić information content (AvgIpc) is 3.09. The van der Waals surface area contributed by atoms with Crippen molar-refractivity contribution in [1.29, 1.82) is 0 Å². The molecule has 1 unspecified atom stereocenters. The molecule has 0 radical (unpaired) electrons. The molecule has 0 aromatic heterocycles. The summed E-state index contributed by atoms with van der Waals surface area (Å²) in [6.07, 6.45) is 4.31. The van der Waals surface area contributed by atoms with Crippen molar-refractivity contribution in [3.63, 3.8) is 0 Å². The number of benzene rings is 1. The SMILES string of the molecule is O=Cc1c(F)cccc1N1CCC(N2CCCC2)C1. The number of carbonyl (C=O) groups excluding carboxylic acids is 1. The summed E-state index contributed by atoms with van der Waals surface area (Å²) in [4.78, 5) is 15.7. The second-order valence-electron chi connectivity index (χ2n) is 5.42. The molecule has 0 amide bonds. The number of carbonyl (C=O) groups is 1. The molecule has 1 aromatic rings. The van der Waals surface area contributed by atoms with Gasteiger partial charge in [0.25, 0.3) is 0 Å². The van der Waals surface area contributed by atoms with Gasteiger partial charge in [-0.3, -0.25) is 9.69 Å². The van der Waals surface area contributed by atoms with Crippen molar-refractivity contribution in [2.75, 3.05) is 31.1 Å². The molecule has 4 heteroatoms. The molecule has 2 fully saturated rings. The minimum absolute atomic E-state index is 0.199. The molecule has 1 atom stereocenters. The highest BCUT2D eigenvalue weighted by Gasteiger charge is 2.30. The molecule has 0 saturated carbocycles. The van der Waals surface area contributed by atoms with Gasteiger partial charge in [0.05, 0.1) is 11.3 Å². The fourth-order valence-corrected chi connectivity index (χ4v) is 3.28. The molecule has 2 aliphatic heterocycles. The first-order chi connectivity index (χ1) is 9.29. The monoisotopic (exact) mass is 262 g/mol. The van der Waals surface area contributed by atoms with Gasteiger partial charge in [0.1, 0.15) is 5.82 Å². The van der Waals surface area contributed by atoms with E-state index in [9.17, 15) is 9.18 Å². The highest BCUT2D eigenvalue weighted by Crippen LogP contribution is 2.28. The van der Waals surface area contributed by atoms with Crippen LogP contribution in [0.3, 0.4) is 0 Å². The molecular formula is C15H19FN2O. The van der Waals surface area contributed by atoms with Crippen LogP contribution in [0.2, 0.25) is 0 Å². The van der Waals surface area contributed by atoms with Crippen molar-refractivity contribution in [3.8, 4) is 0 Å². The van der Waals surface area contributed by atoms with Crippen LogP contribution in [0.15, 0.2) is 18.2 Å². The number of nitrogens with zero attached hydrogens (tertiary/aromatic N) is 2. The van der Waals surface area contributed by atoms with E-state index in [0.29, 0.717) is 12.3 Å². The molecule has 2 heterocycles. The summed E-state index contributed by atoms with van der Waals surface area (Å²) in [6.45, 7) is 4.18. The molecule has 2 saturated heterocycles. The highest BCUT2D eigenvalue weighted by atomic mass is 19.1. The Kier molecular flexibility index (Phi) is 3.51. The van der Waals surface area contributed by atoms with Gasteiger partial charge in [-0.15, -0.1) is 0 Å². The lowest BCUT2D eigenvalue weighted by Gasteiger charge is -2.25. The summed E-state index contributed by atoms with van der Waals surface area (Å²) in [6, 6.07) is 5.44. The zero-order valence-corrected chi connectivity index (χ0v) is 11.0. The van der Waals surface area contributed by atoms with E-state index < -0.39 is 5.82 Å². The van der Waals surface area contributed by atoms with Crippen LogP contribution in [-0.2, 0) is 0 Å². The van der Waals surface area contributed by atoms with Crippen LogP contribution in [0.4, 0.5) is 10.1 Å². The largest absolute Gasteiger partial charge is 0.369 e. The number of aldehydes is 1. The van der Waals surface area contributed by atoms with Crippen molar-refractivity contribution in [2.24, 2.45) is 0 Å². The first-order valence-corrected chi connectivity index (χ1v) is 7.02. The van der Waals surface area contributed by atoms with Gasteiger partial charge in [0, 0.05) is 19.1 Å². The maximum atomic E-state index is 13.6. The predicted octanol–water partition coefficient (Wildman–Crippen LogP) is 2.31. The quantitative estimate of drug-likeness (QED) is 0.781. The van der Waals surface area contributed by atoms with Crippen LogP contribution in [0.5, 0.6) is 0 Å². The second kappa shape index (κ2) is 5.29. The van der Waals surface area contributed by atoms with E-state index in [1.165, 1.54) is 32.0 Å². The number of hydrogen-bond donors (Lipinski definition) is 0. The number of halogens is 1. The molecular weight excluding hydrogens is 243 g/mol. The summed E-state index contributed by atoms with van der Waals surface area (Å²) < 4.78 is 13.6. The summed E-state index contributed by atoms with van der Waals surface area (Å²) in [7, 11) is 0. The van der Waals surface area contributed by atoms with Crippen molar-refractivity contribution < 1.29 is 9.18 Å². The highest BCUT2D eigenvalue weighted by molar-refractivity contribution is 5.85. The Bertz CT molecular complexity index is 471. The Balaban J connectivity index is 1.77. The molecule has 0 N–H and O–H groups in total. The van der Waals surface area contributed by atoms with Gasteiger partial charge in [-0.25, -0.2) is 4.39 Å². The van der Waals surface area contributed by atoms with Gasteiger partial charge >= 0.3 is 0 Å². The van der Waals surface area contributed by atoms with E-state index in [1.807, 2.05) is 6.07 Å². The molecule has 0 bridgehead atoms.